The van der Waals surface area contributed by atoms with Gasteiger partial charge in [0.1, 0.15) is 0 Å². The molecule has 0 bridgehead atoms. The van der Waals surface area contributed by atoms with Crippen molar-refractivity contribution < 1.29 is 9.59 Å². The third-order valence-corrected chi connectivity index (χ3v) is 7.58. The molecule has 0 radical (unpaired) electrons. The number of carbonyl (C=O) groups is 2. The van der Waals surface area contributed by atoms with Crippen molar-refractivity contribution in [3.8, 4) is 0 Å². The number of anilines is 1. The number of halogens is 1. The first-order valence-corrected chi connectivity index (χ1v) is 12.8. The van der Waals surface area contributed by atoms with Crippen LogP contribution in [0.5, 0.6) is 0 Å². The Hall–Kier alpha value is -2.06. The van der Waals surface area contributed by atoms with Gasteiger partial charge in [-0.3, -0.25) is 14.5 Å². The predicted molar refractivity (Wildman–Crippen MR) is 135 cm³/mol. The molecule has 6 nitrogen and oxygen atoms in total. The number of rotatable bonds is 9. The summed E-state index contributed by atoms with van der Waals surface area (Å²) in [6, 6.07) is 16.1. The summed E-state index contributed by atoms with van der Waals surface area (Å²) in [6.45, 7) is 7.13. The van der Waals surface area contributed by atoms with E-state index in [2.05, 4.69) is 50.8 Å². The van der Waals surface area contributed by atoms with Gasteiger partial charge >= 0.3 is 0 Å². The van der Waals surface area contributed by atoms with E-state index in [1.807, 2.05) is 6.07 Å². The molecule has 0 saturated carbocycles. The summed E-state index contributed by atoms with van der Waals surface area (Å²) in [7, 11) is 0. The molecule has 2 amide bonds. The minimum absolute atomic E-state index is 0.0745. The average Bonchev–Trinajstić information content (AvgIpc) is 2.81. The zero-order chi connectivity index (χ0) is 23.0. The highest BCUT2D eigenvalue weighted by Crippen LogP contribution is 2.38. The first-order chi connectivity index (χ1) is 16.1. The van der Waals surface area contributed by atoms with Crippen molar-refractivity contribution in [1.82, 2.24) is 15.1 Å². The smallest absolute Gasteiger partial charge is 0.238 e. The fourth-order valence-corrected chi connectivity index (χ4v) is 5.46. The second-order valence-corrected chi connectivity index (χ2v) is 10.3. The van der Waals surface area contributed by atoms with Gasteiger partial charge in [-0.05, 0) is 43.1 Å². The summed E-state index contributed by atoms with van der Waals surface area (Å²) < 4.78 is 0. The third-order valence-electron chi connectivity index (χ3n) is 6.07. The maximum Gasteiger partial charge on any atom is 0.238 e. The topological polar surface area (TPSA) is 64.7 Å². The SMILES string of the molecule is O=C(CC1Sc2ccc(Cl)cc2NC1=O)NCCCCN1CCN(Cc2ccccc2)CC1. The van der Waals surface area contributed by atoms with E-state index in [0.717, 1.165) is 62.7 Å². The Bertz CT molecular complexity index is 951. The lowest BCUT2D eigenvalue weighted by Crippen LogP contribution is -2.46. The number of hydrogen-bond donors (Lipinski definition) is 2. The Labute approximate surface area is 205 Å². The lowest BCUT2D eigenvalue weighted by Gasteiger charge is -2.34. The second-order valence-electron chi connectivity index (χ2n) is 8.60. The summed E-state index contributed by atoms with van der Waals surface area (Å²) in [6.07, 6.45) is 2.19. The van der Waals surface area contributed by atoms with E-state index in [0.29, 0.717) is 11.6 Å². The Morgan fingerprint density at radius 2 is 1.82 bits per heavy atom. The molecule has 2 heterocycles. The molecule has 2 aliphatic heterocycles. The largest absolute Gasteiger partial charge is 0.356 e. The van der Waals surface area contributed by atoms with Crippen molar-refractivity contribution in [2.45, 2.75) is 36.0 Å². The second kappa shape index (κ2) is 11.9. The number of piperazine rings is 1. The summed E-state index contributed by atoms with van der Waals surface area (Å²) in [5, 5.41) is 6.00. The Morgan fingerprint density at radius 1 is 1.06 bits per heavy atom. The quantitative estimate of drug-likeness (QED) is 0.527. The van der Waals surface area contributed by atoms with Crippen LogP contribution in [0.3, 0.4) is 0 Å². The summed E-state index contributed by atoms with van der Waals surface area (Å²) in [4.78, 5) is 30.6. The summed E-state index contributed by atoms with van der Waals surface area (Å²) in [5.41, 5.74) is 2.09. The maximum absolute atomic E-state index is 12.3. The van der Waals surface area contributed by atoms with Crippen LogP contribution in [0.2, 0.25) is 5.02 Å². The molecule has 4 rings (SSSR count). The van der Waals surface area contributed by atoms with E-state index in [9.17, 15) is 9.59 Å². The van der Waals surface area contributed by atoms with Gasteiger partial charge in [-0.1, -0.05) is 41.9 Å². The summed E-state index contributed by atoms with van der Waals surface area (Å²) in [5.74, 6) is -0.217. The van der Waals surface area contributed by atoms with Crippen molar-refractivity contribution >= 4 is 40.9 Å². The molecule has 33 heavy (non-hydrogen) atoms. The van der Waals surface area contributed by atoms with Crippen molar-refractivity contribution in [1.29, 1.82) is 0 Å². The molecule has 1 unspecified atom stereocenters. The fraction of sp³-hybridized carbons (Fsp3) is 0.440. The lowest BCUT2D eigenvalue weighted by molar-refractivity contribution is -0.124. The number of benzene rings is 2. The van der Waals surface area contributed by atoms with E-state index in [-0.39, 0.29) is 18.2 Å². The number of hydrogen-bond acceptors (Lipinski definition) is 5. The van der Waals surface area contributed by atoms with E-state index < -0.39 is 5.25 Å². The van der Waals surface area contributed by atoms with Crippen LogP contribution >= 0.6 is 23.4 Å². The van der Waals surface area contributed by atoms with Gasteiger partial charge in [-0.2, -0.15) is 0 Å². The minimum Gasteiger partial charge on any atom is -0.356 e. The number of unbranched alkanes of at least 4 members (excludes halogenated alkanes) is 1. The number of nitrogens with one attached hydrogen (secondary N) is 2. The monoisotopic (exact) mass is 486 g/mol. The van der Waals surface area contributed by atoms with Gasteiger partial charge < -0.3 is 15.5 Å². The van der Waals surface area contributed by atoms with E-state index >= 15 is 0 Å². The normalized spacial score (nSPS) is 19.1. The molecule has 1 fully saturated rings. The molecule has 0 aliphatic carbocycles. The highest BCUT2D eigenvalue weighted by Gasteiger charge is 2.29. The number of carbonyl (C=O) groups excluding carboxylic acids is 2. The Kier molecular flexibility index (Phi) is 8.67. The first-order valence-electron chi connectivity index (χ1n) is 11.6. The molecular weight excluding hydrogens is 456 g/mol. The van der Waals surface area contributed by atoms with Crippen LogP contribution in [-0.2, 0) is 16.1 Å². The van der Waals surface area contributed by atoms with Crippen molar-refractivity contribution in [2.75, 3.05) is 44.6 Å². The van der Waals surface area contributed by atoms with Crippen LogP contribution < -0.4 is 10.6 Å². The predicted octanol–water partition coefficient (Wildman–Crippen LogP) is 3.86. The molecule has 0 aromatic heterocycles. The molecule has 2 aromatic carbocycles. The lowest BCUT2D eigenvalue weighted by atomic mass is 10.2. The molecule has 0 spiro atoms. The summed E-state index contributed by atoms with van der Waals surface area (Å²) >= 11 is 7.41. The average molecular weight is 487 g/mol. The first kappa shape index (κ1) is 24.1. The van der Waals surface area contributed by atoms with Crippen molar-refractivity contribution in [2.24, 2.45) is 0 Å². The molecule has 8 heteroatoms. The zero-order valence-electron chi connectivity index (χ0n) is 18.8. The molecule has 176 valence electrons. The van der Waals surface area contributed by atoms with Gasteiger partial charge in [0.2, 0.25) is 11.8 Å². The van der Waals surface area contributed by atoms with Gasteiger partial charge in [0.05, 0.1) is 10.9 Å². The Morgan fingerprint density at radius 3 is 2.61 bits per heavy atom. The molecule has 2 aromatic rings. The van der Waals surface area contributed by atoms with E-state index in [4.69, 9.17) is 11.6 Å². The number of nitrogens with zero attached hydrogens (tertiary/aromatic N) is 2. The minimum atomic E-state index is -0.411. The highest BCUT2D eigenvalue weighted by molar-refractivity contribution is 8.01. The molecule has 1 atom stereocenters. The molecular formula is C25H31ClN4O2S. The molecule has 2 aliphatic rings. The van der Waals surface area contributed by atoms with Crippen molar-refractivity contribution in [3.05, 3.63) is 59.1 Å². The van der Waals surface area contributed by atoms with Crippen LogP contribution in [0.15, 0.2) is 53.4 Å². The third kappa shape index (κ3) is 7.21. The molecule has 2 N–H and O–H groups in total. The highest BCUT2D eigenvalue weighted by atomic mass is 35.5. The van der Waals surface area contributed by atoms with Gasteiger partial charge in [0.15, 0.2) is 0 Å². The fourth-order valence-electron chi connectivity index (χ4n) is 4.20. The van der Waals surface area contributed by atoms with E-state index in [1.54, 1.807) is 12.1 Å². The van der Waals surface area contributed by atoms with E-state index in [1.165, 1.54) is 17.3 Å². The standard InChI is InChI=1S/C25H31ClN4O2S/c26-20-8-9-22-21(16-20)28-25(32)23(33-22)17-24(31)27-10-4-5-11-29-12-14-30(15-13-29)18-19-6-2-1-3-7-19/h1-3,6-9,16,23H,4-5,10-15,17-18H2,(H,27,31)(H,28,32). The van der Waals surface area contributed by atoms with Gasteiger partial charge in [-0.15, -0.1) is 11.8 Å². The molecule has 1 saturated heterocycles. The number of fused-ring (bicyclic) bond motifs is 1. The van der Waals surface area contributed by atoms with Gasteiger partial charge in [0.25, 0.3) is 0 Å². The van der Waals surface area contributed by atoms with Crippen LogP contribution in [0.25, 0.3) is 0 Å². The van der Waals surface area contributed by atoms with Crippen LogP contribution in [0.4, 0.5) is 5.69 Å². The maximum atomic E-state index is 12.3. The number of thioether (sulfide) groups is 1. The van der Waals surface area contributed by atoms with Gasteiger partial charge in [-0.25, -0.2) is 0 Å². The van der Waals surface area contributed by atoms with Crippen molar-refractivity contribution in [3.63, 3.8) is 0 Å². The van der Waals surface area contributed by atoms with Gasteiger partial charge in [0, 0.05) is 55.6 Å². The van der Waals surface area contributed by atoms with Crippen LogP contribution in [0.1, 0.15) is 24.8 Å². The number of amides is 2. The Balaban J connectivity index is 1.08. The zero-order valence-corrected chi connectivity index (χ0v) is 20.3. The van der Waals surface area contributed by atoms with Crippen LogP contribution in [-0.4, -0.2) is 66.1 Å². The van der Waals surface area contributed by atoms with Crippen LogP contribution in [0, 0.1) is 0 Å².